The van der Waals surface area contributed by atoms with Crippen molar-refractivity contribution in [3.8, 4) is 0 Å². The molecular weight excluding hydrogens is 114 g/mol. The molecule has 2 heteroatoms. The maximum atomic E-state index is 2.57. The maximum absolute atomic E-state index is 2.57. The van der Waals surface area contributed by atoms with Gasteiger partial charge in [0.1, 0.15) is 0 Å². The molecule has 1 fully saturated rings. The summed E-state index contributed by atoms with van der Waals surface area (Å²) in [5.74, 6) is 0. The van der Waals surface area contributed by atoms with Gasteiger partial charge in [-0.3, -0.25) is 0 Å². The number of rotatable bonds is 0. The van der Waals surface area contributed by atoms with E-state index >= 15 is 0 Å². The first-order chi connectivity index (χ1) is 3.80. The second-order valence-corrected chi connectivity index (χ2v) is 3.97. The topological polar surface area (TPSA) is 3.24 Å². The summed E-state index contributed by atoms with van der Waals surface area (Å²) in [6.07, 6.45) is 4.33. The van der Waals surface area contributed by atoms with Gasteiger partial charge in [-0.05, 0) is 25.4 Å². The van der Waals surface area contributed by atoms with Crippen LogP contribution in [0.25, 0.3) is 0 Å². The Morgan fingerprint density at radius 3 is 2.62 bits per heavy atom. The predicted octanol–water partition coefficient (Wildman–Crippen LogP) is 0.141. The van der Waals surface area contributed by atoms with Crippen molar-refractivity contribution < 1.29 is 0 Å². The fourth-order valence-corrected chi connectivity index (χ4v) is 1.82. The van der Waals surface area contributed by atoms with Gasteiger partial charge < -0.3 is 4.57 Å². The molecule has 1 nitrogen and oxygen atoms in total. The third-order valence-electron chi connectivity index (χ3n) is 2.14. The number of nitrogens with zero attached hydrogens (tertiary/aromatic N) is 1. The van der Waals surface area contributed by atoms with Gasteiger partial charge in [-0.2, -0.15) is 0 Å². The Morgan fingerprint density at radius 1 is 1.50 bits per heavy atom. The smallest absolute Gasteiger partial charge is 0.0787 e. The van der Waals surface area contributed by atoms with Crippen LogP contribution in [0.1, 0.15) is 26.2 Å². The standard InChI is InChI=1S/C6H15NSi/c1-6-4-2-3-5-7(6)8/h6H,2-5H2,1,8H3/t6-/m0/s1. The molecule has 0 aromatic rings. The molecule has 1 atom stereocenters. The van der Waals surface area contributed by atoms with Crippen LogP contribution in [0.4, 0.5) is 0 Å². The molecule has 0 spiro atoms. The Morgan fingerprint density at radius 2 is 2.25 bits per heavy atom. The first-order valence-corrected chi connectivity index (χ1v) is 4.40. The first-order valence-electron chi connectivity index (χ1n) is 3.51. The zero-order valence-electron chi connectivity index (χ0n) is 5.85. The normalized spacial score (nSPS) is 33.4. The van der Waals surface area contributed by atoms with E-state index in [0.29, 0.717) is 0 Å². The van der Waals surface area contributed by atoms with Crippen LogP contribution in [-0.4, -0.2) is 27.6 Å². The molecule has 0 N–H and O–H groups in total. The molecule has 1 aliphatic rings. The van der Waals surface area contributed by atoms with Crippen molar-refractivity contribution in [2.45, 2.75) is 32.2 Å². The molecule has 0 aromatic heterocycles. The Labute approximate surface area is 54.6 Å². The van der Waals surface area contributed by atoms with Crippen LogP contribution in [0.15, 0.2) is 0 Å². The van der Waals surface area contributed by atoms with E-state index in [-0.39, 0.29) is 0 Å². The summed E-state index contributed by atoms with van der Waals surface area (Å²) in [6, 6.07) is 0.899. The van der Waals surface area contributed by atoms with E-state index < -0.39 is 0 Å². The van der Waals surface area contributed by atoms with E-state index in [1.165, 1.54) is 36.2 Å². The quantitative estimate of drug-likeness (QED) is 0.421. The summed E-state index contributed by atoms with van der Waals surface area (Å²) in [6.45, 7) is 3.71. The van der Waals surface area contributed by atoms with E-state index in [4.69, 9.17) is 0 Å². The summed E-state index contributed by atoms with van der Waals surface area (Å²) in [7, 11) is 1.27. The van der Waals surface area contributed by atoms with Crippen LogP contribution >= 0.6 is 0 Å². The van der Waals surface area contributed by atoms with Gasteiger partial charge in [0.15, 0.2) is 0 Å². The average Bonchev–Trinajstić information content (AvgIpc) is 1.77. The molecule has 0 bridgehead atoms. The molecule has 8 heavy (non-hydrogen) atoms. The molecule has 1 saturated heterocycles. The van der Waals surface area contributed by atoms with Gasteiger partial charge in [-0.15, -0.1) is 0 Å². The van der Waals surface area contributed by atoms with Crippen molar-refractivity contribution in [1.82, 2.24) is 4.57 Å². The molecule has 0 saturated carbocycles. The molecule has 1 aliphatic heterocycles. The van der Waals surface area contributed by atoms with Crippen LogP contribution < -0.4 is 0 Å². The third kappa shape index (κ3) is 1.33. The highest BCUT2D eigenvalue weighted by Crippen LogP contribution is 2.12. The van der Waals surface area contributed by atoms with Gasteiger partial charge in [0.2, 0.25) is 0 Å². The van der Waals surface area contributed by atoms with Crippen LogP contribution in [-0.2, 0) is 0 Å². The predicted molar refractivity (Wildman–Crippen MR) is 40.0 cm³/mol. The van der Waals surface area contributed by atoms with Crippen molar-refractivity contribution >= 4 is 10.4 Å². The second-order valence-electron chi connectivity index (χ2n) is 2.83. The van der Waals surface area contributed by atoms with E-state index in [1.54, 1.807) is 0 Å². The van der Waals surface area contributed by atoms with Crippen LogP contribution in [0, 0.1) is 0 Å². The van der Waals surface area contributed by atoms with Crippen molar-refractivity contribution in [1.29, 1.82) is 0 Å². The zero-order valence-corrected chi connectivity index (χ0v) is 7.85. The highest BCUT2D eigenvalue weighted by Gasteiger charge is 2.11. The highest BCUT2D eigenvalue weighted by molar-refractivity contribution is 6.04. The Kier molecular flexibility index (Phi) is 2.08. The van der Waals surface area contributed by atoms with E-state index in [2.05, 4.69) is 11.5 Å². The minimum absolute atomic E-state index is 0.899. The summed E-state index contributed by atoms with van der Waals surface area (Å²) in [5, 5.41) is 0. The summed E-state index contributed by atoms with van der Waals surface area (Å²) < 4.78 is 2.57. The number of hydrogen-bond acceptors (Lipinski definition) is 1. The largest absolute Gasteiger partial charge is 0.330 e. The fraction of sp³-hybridized carbons (Fsp3) is 1.00. The average molecular weight is 129 g/mol. The van der Waals surface area contributed by atoms with Gasteiger partial charge in [0.25, 0.3) is 0 Å². The van der Waals surface area contributed by atoms with Gasteiger partial charge >= 0.3 is 0 Å². The van der Waals surface area contributed by atoms with Crippen LogP contribution in [0.2, 0.25) is 0 Å². The van der Waals surface area contributed by atoms with Crippen molar-refractivity contribution in [2.24, 2.45) is 0 Å². The van der Waals surface area contributed by atoms with Crippen molar-refractivity contribution in [3.05, 3.63) is 0 Å². The second kappa shape index (κ2) is 2.64. The van der Waals surface area contributed by atoms with Gasteiger partial charge in [-0.1, -0.05) is 13.3 Å². The molecule has 0 aromatic carbocycles. The van der Waals surface area contributed by atoms with Gasteiger partial charge in [-0.25, -0.2) is 0 Å². The van der Waals surface area contributed by atoms with Crippen molar-refractivity contribution in [2.75, 3.05) is 6.54 Å². The first kappa shape index (κ1) is 6.30. The van der Waals surface area contributed by atoms with E-state index in [0.717, 1.165) is 6.04 Å². The SMILES string of the molecule is C[C@H]1CCCCN1[SiH3]. The third-order valence-corrected chi connectivity index (χ3v) is 3.46. The molecule has 0 amide bonds. The molecule has 48 valence electrons. The fourth-order valence-electron chi connectivity index (χ4n) is 1.24. The molecule has 1 heterocycles. The molecule has 0 unspecified atom stereocenters. The summed E-state index contributed by atoms with van der Waals surface area (Å²) in [4.78, 5) is 0. The lowest BCUT2D eigenvalue weighted by Crippen LogP contribution is -2.34. The van der Waals surface area contributed by atoms with Crippen LogP contribution in [0.5, 0.6) is 0 Å². The summed E-state index contributed by atoms with van der Waals surface area (Å²) >= 11 is 0. The monoisotopic (exact) mass is 129 g/mol. The Hall–Kier alpha value is 0.177. The van der Waals surface area contributed by atoms with E-state index in [9.17, 15) is 0 Å². The zero-order chi connectivity index (χ0) is 5.98. The van der Waals surface area contributed by atoms with Crippen LogP contribution in [0.3, 0.4) is 0 Å². The number of hydrogen-bond donors (Lipinski definition) is 0. The Bertz CT molecular complexity index is 64.9. The van der Waals surface area contributed by atoms with Gasteiger partial charge in [0.05, 0.1) is 10.4 Å². The minimum Gasteiger partial charge on any atom is -0.330 e. The van der Waals surface area contributed by atoms with Crippen molar-refractivity contribution in [3.63, 3.8) is 0 Å². The molecule has 1 rings (SSSR count). The Balaban J connectivity index is 2.28. The lowest BCUT2D eigenvalue weighted by Gasteiger charge is -2.29. The van der Waals surface area contributed by atoms with Gasteiger partial charge in [0, 0.05) is 0 Å². The molecule has 0 radical (unpaired) electrons. The number of piperidine rings is 1. The molecule has 0 aliphatic carbocycles. The maximum Gasteiger partial charge on any atom is 0.0787 e. The minimum atomic E-state index is 0.899. The molecular formula is C6H15NSi. The van der Waals surface area contributed by atoms with E-state index in [1.807, 2.05) is 0 Å². The highest BCUT2D eigenvalue weighted by atomic mass is 28.2. The summed E-state index contributed by atoms with van der Waals surface area (Å²) in [5.41, 5.74) is 0. The lowest BCUT2D eigenvalue weighted by molar-refractivity contribution is 0.280. The lowest BCUT2D eigenvalue weighted by atomic mass is 10.1.